The molecule has 0 radical (unpaired) electrons. The summed E-state index contributed by atoms with van der Waals surface area (Å²) in [6.45, 7) is 1.35. The third-order valence-electron chi connectivity index (χ3n) is 0.650. The van der Waals surface area contributed by atoms with E-state index in [2.05, 4.69) is 0 Å². The van der Waals surface area contributed by atoms with Crippen LogP contribution in [0.1, 0.15) is 6.92 Å². The van der Waals surface area contributed by atoms with E-state index in [9.17, 15) is 8.42 Å². The molecule has 0 aromatic carbocycles. The fourth-order valence-electron chi connectivity index (χ4n) is 0.271. The number of hydrogen-bond acceptors (Lipinski definition) is 3. The molecule has 0 spiro atoms. The Morgan fingerprint density at radius 1 is 1.78 bits per heavy atom. The highest BCUT2D eigenvalue weighted by Crippen LogP contribution is 1.99. The summed E-state index contributed by atoms with van der Waals surface area (Å²) in [6.07, 6.45) is 1.02. The molecule has 4 nitrogen and oxygen atoms in total. The van der Waals surface area contributed by atoms with Crippen LogP contribution in [0.2, 0.25) is 0 Å². The lowest BCUT2D eigenvalue weighted by Gasteiger charge is -1.86. The van der Waals surface area contributed by atoms with E-state index in [1.165, 1.54) is 13.0 Å². The highest BCUT2D eigenvalue weighted by atomic mass is 32.2. The van der Waals surface area contributed by atoms with Crippen molar-refractivity contribution in [2.24, 2.45) is 0 Å². The number of nitriles is 1. The minimum atomic E-state index is -4.27. The Morgan fingerprint density at radius 2 is 2.22 bits per heavy atom. The molecule has 0 aliphatic rings. The van der Waals surface area contributed by atoms with E-state index in [-0.39, 0.29) is 0 Å². The second-order valence-electron chi connectivity index (χ2n) is 1.24. The van der Waals surface area contributed by atoms with E-state index < -0.39 is 15.0 Å². The van der Waals surface area contributed by atoms with Gasteiger partial charge < -0.3 is 0 Å². The van der Waals surface area contributed by atoms with E-state index >= 15 is 0 Å². The zero-order chi connectivity index (χ0) is 7.49. The number of rotatable bonds is 1. The molecule has 0 fully saturated rings. The van der Waals surface area contributed by atoms with Crippen LogP contribution in [0.3, 0.4) is 0 Å². The van der Waals surface area contributed by atoms with Crippen LogP contribution in [0.15, 0.2) is 11.0 Å². The first kappa shape index (κ1) is 8.14. The SMILES string of the molecule is C/C=C(\C#N)S(=O)(=O)O. The molecular weight excluding hydrogens is 142 g/mol. The molecule has 1 N–H and O–H groups in total. The molecular formula is C4H5NO3S. The first-order valence-electron chi connectivity index (χ1n) is 2.06. The second-order valence-corrected chi connectivity index (χ2v) is 2.63. The van der Waals surface area contributed by atoms with Crippen LogP contribution in [0.25, 0.3) is 0 Å². The monoisotopic (exact) mass is 147 g/mol. The van der Waals surface area contributed by atoms with Gasteiger partial charge in [-0.15, -0.1) is 0 Å². The van der Waals surface area contributed by atoms with Gasteiger partial charge in [0.2, 0.25) is 0 Å². The van der Waals surface area contributed by atoms with Gasteiger partial charge in [0.1, 0.15) is 6.07 Å². The molecule has 0 saturated carbocycles. The Kier molecular flexibility index (Phi) is 2.37. The Bertz CT molecular complexity index is 256. The predicted octanol–water partition coefficient (Wildman–Crippen LogP) is 0.302. The molecule has 0 saturated heterocycles. The lowest BCUT2D eigenvalue weighted by atomic mass is 10.6. The van der Waals surface area contributed by atoms with Crippen LogP contribution >= 0.6 is 0 Å². The third kappa shape index (κ3) is 2.26. The highest BCUT2D eigenvalue weighted by molar-refractivity contribution is 7.90. The van der Waals surface area contributed by atoms with Gasteiger partial charge in [-0.25, -0.2) is 0 Å². The van der Waals surface area contributed by atoms with Crippen molar-refractivity contribution in [1.29, 1.82) is 5.26 Å². The van der Waals surface area contributed by atoms with Gasteiger partial charge >= 0.3 is 10.1 Å². The van der Waals surface area contributed by atoms with Crippen molar-refractivity contribution in [3.63, 3.8) is 0 Å². The van der Waals surface area contributed by atoms with E-state index in [1.807, 2.05) is 0 Å². The molecule has 0 heterocycles. The van der Waals surface area contributed by atoms with Gasteiger partial charge in [0, 0.05) is 0 Å². The zero-order valence-corrected chi connectivity index (χ0v) is 5.51. The first-order chi connectivity index (χ1) is 4.02. The Labute approximate surface area is 53.2 Å². The molecule has 0 aliphatic carbocycles. The minimum absolute atomic E-state index is 0.623. The van der Waals surface area contributed by atoms with Crippen molar-refractivity contribution in [2.75, 3.05) is 0 Å². The molecule has 0 unspecified atom stereocenters. The van der Waals surface area contributed by atoms with Crippen LogP contribution in [0.4, 0.5) is 0 Å². The average molecular weight is 147 g/mol. The van der Waals surface area contributed by atoms with E-state index in [4.69, 9.17) is 9.81 Å². The van der Waals surface area contributed by atoms with Gasteiger partial charge in [-0.1, -0.05) is 6.08 Å². The summed E-state index contributed by atoms with van der Waals surface area (Å²) in [7, 11) is -4.27. The number of hydrogen-bond donors (Lipinski definition) is 1. The third-order valence-corrected chi connectivity index (χ3v) is 1.53. The van der Waals surface area contributed by atoms with Gasteiger partial charge in [0.25, 0.3) is 0 Å². The Morgan fingerprint density at radius 3 is 2.22 bits per heavy atom. The lowest BCUT2D eigenvalue weighted by Crippen LogP contribution is -1.98. The van der Waals surface area contributed by atoms with Gasteiger partial charge in [-0.3, -0.25) is 4.55 Å². The number of nitrogens with zero attached hydrogens (tertiary/aromatic N) is 1. The summed E-state index contributed by atoms with van der Waals surface area (Å²) < 4.78 is 28.3. The highest BCUT2D eigenvalue weighted by Gasteiger charge is 2.09. The molecule has 0 aliphatic heterocycles. The van der Waals surface area contributed by atoms with E-state index in [1.54, 1.807) is 0 Å². The molecule has 50 valence electrons. The maximum Gasteiger partial charge on any atom is 0.304 e. The van der Waals surface area contributed by atoms with E-state index in [0.29, 0.717) is 0 Å². The normalized spacial score (nSPS) is 12.8. The molecule has 5 heteroatoms. The van der Waals surface area contributed by atoms with Gasteiger partial charge in [0.15, 0.2) is 4.91 Å². The second kappa shape index (κ2) is 2.62. The lowest BCUT2D eigenvalue weighted by molar-refractivity contribution is 0.492. The van der Waals surface area contributed by atoms with Crippen molar-refractivity contribution < 1.29 is 13.0 Å². The topological polar surface area (TPSA) is 78.2 Å². The Balaban J connectivity index is 4.85. The zero-order valence-electron chi connectivity index (χ0n) is 4.70. The van der Waals surface area contributed by atoms with Crippen LogP contribution in [0, 0.1) is 11.3 Å². The van der Waals surface area contributed by atoms with Crippen LogP contribution in [-0.4, -0.2) is 13.0 Å². The number of allylic oxidation sites excluding steroid dienone is 2. The van der Waals surface area contributed by atoms with E-state index in [0.717, 1.165) is 6.08 Å². The van der Waals surface area contributed by atoms with Crippen LogP contribution in [0.5, 0.6) is 0 Å². The summed E-state index contributed by atoms with van der Waals surface area (Å²) in [5.74, 6) is 0. The average Bonchev–Trinajstić information content (AvgIpc) is 1.65. The van der Waals surface area contributed by atoms with Crippen molar-refractivity contribution in [3.05, 3.63) is 11.0 Å². The molecule has 0 aromatic rings. The van der Waals surface area contributed by atoms with Gasteiger partial charge in [-0.2, -0.15) is 13.7 Å². The molecule has 0 aromatic heterocycles. The summed E-state index contributed by atoms with van der Waals surface area (Å²) >= 11 is 0. The first-order valence-corrected chi connectivity index (χ1v) is 3.50. The van der Waals surface area contributed by atoms with Gasteiger partial charge in [-0.05, 0) is 6.92 Å². The summed E-state index contributed by atoms with van der Waals surface area (Å²) in [5, 5.41) is 8.00. The quantitative estimate of drug-likeness (QED) is 0.427. The fraction of sp³-hybridized carbons (Fsp3) is 0.250. The van der Waals surface area contributed by atoms with Crippen LogP contribution < -0.4 is 0 Å². The largest absolute Gasteiger partial charge is 0.304 e. The maximum absolute atomic E-state index is 10.1. The molecule has 0 rings (SSSR count). The summed E-state index contributed by atoms with van der Waals surface area (Å²) in [5.41, 5.74) is 0. The standard InChI is InChI=1S/C4H5NO3S/c1-2-4(3-5)9(6,7)8/h2H,1H3,(H,6,7,8)/b4-2+. The Hall–Kier alpha value is -0.860. The predicted molar refractivity (Wildman–Crippen MR) is 30.9 cm³/mol. The molecule has 0 bridgehead atoms. The summed E-state index contributed by atoms with van der Waals surface area (Å²) in [6, 6.07) is 1.31. The van der Waals surface area contributed by atoms with Crippen molar-refractivity contribution in [2.45, 2.75) is 6.92 Å². The molecule has 0 atom stereocenters. The van der Waals surface area contributed by atoms with Crippen molar-refractivity contribution >= 4 is 10.1 Å². The maximum atomic E-state index is 10.1. The molecule has 9 heavy (non-hydrogen) atoms. The fourth-order valence-corrected chi connectivity index (χ4v) is 0.684. The minimum Gasteiger partial charge on any atom is -0.281 e. The van der Waals surface area contributed by atoms with Crippen LogP contribution in [-0.2, 0) is 10.1 Å². The smallest absolute Gasteiger partial charge is 0.281 e. The van der Waals surface area contributed by atoms with Gasteiger partial charge in [0.05, 0.1) is 0 Å². The van der Waals surface area contributed by atoms with Crippen molar-refractivity contribution in [1.82, 2.24) is 0 Å². The van der Waals surface area contributed by atoms with Crippen molar-refractivity contribution in [3.8, 4) is 6.07 Å². The molecule has 0 amide bonds. The summed E-state index contributed by atoms with van der Waals surface area (Å²) in [4.78, 5) is -0.623.